The van der Waals surface area contributed by atoms with Gasteiger partial charge in [-0.2, -0.15) is 0 Å². The number of β-amino-alcohol motifs (C(OH)–C–C–N with tert-alkyl or cyclic N) is 1. The maximum absolute atomic E-state index is 10.5. The maximum atomic E-state index is 10.5. The predicted molar refractivity (Wildman–Crippen MR) is 126 cm³/mol. The quantitative estimate of drug-likeness (QED) is 0.583. The number of rotatable bonds is 6. The molecule has 1 N–H and O–H groups in total. The summed E-state index contributed by atoms with van der Waals surface area (Å²) in [7, 11) is 0. The van der Waals surface area contributed by atoms with Crippen molar-refractivity contribution in [3.63, 3.8) is 0 Å². The second-order valence-electron chi connectivity index (χ2n) is 7.52. The Labute approximate surface area is 191 Å². The van der Waals surface area contributed by atoms with E-state index in [1.807, 2.05) is 19.1 Å². The van der Waals surface area contributed by atoms with Crippen LogP contribution in [0.5, 0.6) is 0 Å². The van der Waals surface area contributed by atoms with Crippen LogP contribution in [0.2, 0.25) is 0 Å². The first-order valence-corrected chi connectivity index (χ1v) is 10.0. The Balaban J connectivity index is 0.00000160. The minimum Gasteiger partial charge on any atom is -0.464 e. The molecule has 30 heavy (non-hydrogen) atoms. The van der Waals surface area contributed by atoms with E-state index in [2.05, 4.69) is 70.5 Å². The molecule has 1 aliphatic rings. The van der Waals surface area contributed by atoms with Gasteiger partial charge in [-0.1, -0.05) is 60.7 Å². The molecule has 2 aromatic carbocycles. The number of hydrogen-bond donors (Lipinski definition) is 1. The van der Waals surface area contributed by atoms with Crippen molar-refractivity contribution in [1.29, 1.82) is 0 Å². The minimum atomic E-state index is -0.570. The second kappa shape index (κ2) is 11.5. The molecule has 2 heterocycles. The second-order valence-corrected chi connectivity index (χ2v) is 7.52. The van der Waals surface area contributed by atoms with E-state index in [1.165, 1.54) is 11.1 Å². The lowest BCUT2D eigenvalue weighted by atomic mass is 9.96. The van der Waals surface area contributed by atoms with Gasteiger partial charge in [-0.3, -0.25) is 9.80 Å². The van der Waals surface area contributed by atoms with E-state index < -0.39 is 6.10 Å². The molecule has 1 atom stereocenters. The number of halogens is 2. The summed E-state index contributed by atoms with van der Waals surface area (Å²) < 4.78 is 5.57. The Bertz CT molecular complexity index is 826. The normalized spacial score (nSPS) is 16.0. The van der Waals surface area contributed by atoms with Crippen molar-refractivity contribution < 1.29 is 9.52 Å². The number of piperazine rings is 1. The third-order valence-electron chi connectivity index (χ3n) is 5.52. The fraction of sp³-hybridized carbons (Fsp3) is 0.333. The van der Waals surface area contributed by atoms with Crippen LogP contribution in [-0.4, -0.2) is 47.6 Å². The number of aliphatic hydroxyl groups excluding tert-OH is 1. The van der Waals surface area contributed by atoms with Gasteiger partial charge in [-0.25, -0.2) is 0 Å². The van der Waals surface area contributed by atoms with E-state index in [-0.39, 0.29) is 30.9 Å². The van der Waals surface area contributed by atoms with Gasteiger partial charge in [0.25, 0.3) is 0 Å². The monoisotopic (exact) mass is 448 g/mol. The first-order chi connectivity index (χ1) is 13.7. The number of hydrogen-bond acceptors (Lipinski definition) is 4. The summed E-state index contributed by atoms with van der Waals surface area (Å²) >= 11 is 0. The van der Waals surface area contributed by atoms with Crippen LogP contribution < -0.4 is 0 Å². The average molecular weight is 449 g/mol. The Kier molecular flexibility index (Phi) is 9.40. The van der Waals surface area contributed by atoms with Gasteiger partial charge in [0.2, 0.25) is 0 Å². The summed E-state index contributed by atoms with van der Waals surface area (Å²) in [4.78, 5) is 4.87. The van der Waals surface area contributed by atoms with Gasteiger partial charge in [-0.15, -0.1) is 24.8 Å². The van der Waals surface area contributed by atoms with E-state index in [1.54, 1.807) is 0 Å². The molecule has 4 rings (SSSR count). The maximum Gasteiger partial charge on any atom is 0.133 e. The van der Waals surface area contributed by atoms with E-state index in [0.717, 1.165) is 31.9 Å². The standard InChI is InChI=1S/C24H28N2O2.2ClH/c1-19-12-13-23(28-19)22(27)18-25-14-16-26(17-15-25)24(20-8-4-2-5-9-20)21-10-6-3-7-11-21;;/h2-13,22,24,27H,14-18H2,1H3;2*1H. The number of furan rings is 1. The summed E-state index contributed by atoms with van der Waals surface area (Å²) in [5.74, 6) is 1.50. The molecular weight excluding hydrogens is 419 g/mol. The molecule has 0 spiro atoms. The van der Waals surface area contributed by atoms with Crippen LogP contribution in [0.1, 0.15) is 34.8 Å². The molecule has 1 aliphatic heterocycles. The average Bonchev–Trinajstić information content (AvgIpc) is 3.18. The minimum absolute atomic E-state index is 0. The predicted octanol–water partition coefficient (Wildman–Crippen LogP) is 4.87. The van der Waals surface area contributed by atoms with Crippen molar-refractivity contribution in [1.82, 2.24) is 9.80 Å². The molecule has 162 valence electrons. The van der Waals surface area contributed by atoms with Gasteiger partial charge in [0.1, 0.15) is 17.6 Å². The van der Waals surface area contributed by atoms with Crippen LogP contribution in [0.25, 0.3) is 0 Å². The van der Waals surface area contributed by atoms with E-state index in [9.17, 15) is 5.11 Å². The van der Waals surface area contributed by atoms with Crippen LogP contribution in [-0.2, 0) is 0 Å². The molecule has 0 aliphatic carbocycles. The van der Waals surface area contributed by atoms with Gasteiger partial charge < -0.3 is 9.52 Å². The summed E-state index contributed by atoms with van der Waals surface area (Å²) in [6.45, 7) is 6.33. The van der Waals surface area contributed by atoms with Gasteiger partial charge in [-0.05, 0) is 30.2 Å². The molecule has 0 bridgehead atoms. The van der Waals surface area contributed by atoms with Gasteiger partial charge in [0.15, 0.2) is 0 Å². The lowest BCUT2D eigenvalue weighted by Gasteiger charge is -2.40. The summed E-state index contributed by atoms with van der Waals surface area (Å²) in [5, 5.41) is 10.5. The van der Waals surface area contributed by atoms with E-state index in [4.69, 9.17) is 4.42 Å². The highest BCUT2D eigenvalue weighted by molar-refractivity contribution is 5.85. The van der Waals surface area contributed by atoms with Gasteiger partial charge >= 0.3 is 0 Å². The smallest absolute Gasteiger partial charge is 0.133 e. The van der Waals surface area contributed by atoms with Crippen LogP contribution >= 0.6 is 24.8 Å². The van der Waals surface area contributed by atoms with Crippen LogP contribution in [0.3, 0.4) is 0 Å². The first kappa shape index (κ1) is 24.4. The number of aliphatic hydroxyl groups is 1. The van der Waals surface area contributed by atoms with Crippen molar-refractivity contribution in [2.24, 2.45) is 0 Å². The topological polar surface area (TPSA) is 39.9 Å². The molecule has 1 unspecified atom stereocenters. The zero-order valence-electron chi connectivity index (χ0n) is 17.2. The molecule has 1 saturated heterocycles. The molecule has 1 aromatic heterocycles. The summed E-state index contributed by atoms with van der Waals surface area (Å²) in [6, 6.07) is 25.5. The highest BCUT2D eigenvalue weighted by atomic mass is 35.5. The van der Waals surface area contributed by atoms with Crippen molar-refractivity contribution in [2.75, 3.05) is 32.7 Å². The Morgan fingerprint density at radius 1 is 0.800 bits per heavy atom. The Morgan fingerprint density at radius 3 is 1.80 bits per heavy atom. The Morgan fingerprint density at radius 2 is 1.33 bits per heavy atom. The molecule has 3 aromatic rings. The van der Waals surface area contributed by atoms with Crippen LogP contribution in [0.15, 0.2) is 77.2 Å². The van der Waals surface area contributed by atoms with E-state index in [0.29, 0.717) is 12.3 Å². The highest BCUT2D eigenvalue weighted by Crippen LogP contribution is 2.29. The summed E-state index contributed by atoms with van der Waals surface area (Å²) in [5.41, 5.74) is 2.65. The molecule has 0 amide bonds. The highest BCUT2D eigenvalue weighted by Gasteiger charge is 2.27. The largest absolute Gasteiger partial charge is 0.464 e. The van der Waals surface area contributed by atoms with Crippen LogP contribution in [0, 0.1) is 6.92 Å². The number of nitrogens with zero attached hydrogens (tertiary/aromatic N) is 2. The molecule has 4 nitrogen and oxygen atoms in total. The van der Waals surface area contributed by atoms with Gasteiger partial charge in [0.05, 0.1) is 6.04 Å². The number of benzene rings is 2. The molecular formula is C24H30Cl2N2O2. The molecule has 1 fully saturated rings. The van der Waals surface area contributed by atoms with Crippen molar-refractivity contribution in [3.05, 3.63) is 95.4 Å². The zero-order chi connectivity index (χ0) is 19.3. The molecule has 6 heteroatoms. The fourth-order valence-electron chi connectivity index (χ4n) is 4.06. The third-order valence-corrected chi connectivity index (χ3v) is 5.52. The van der Waals surface area contributed by atoms with Gasteiger partial charge in [0, 0.05) is 32.7 Å². The zero-order valence-corrected chi connectivity index (χ0v) is 18.8. The van der Waals surface area contributed by atoms with Crippen LogP contribution in [0.4, 0.5) is 0 Å². The lowest BCUT2D eigenvalue weighted by molar-refractivity contribution is 0.0530. The Hall–Kier alpha value is -1.82. The number of aryl methyl sites for hydroxylation is 1. The lowest BCUT2D eigenvalue weighted by Crippen LogP contribution is -2.48. The SMILES string of the molecule is Cc1ccc(C(O)CN2CCN(C(c3ccccc3)c3ccccc3)CC2)o1.Cl.Cl. The van der Waals surface area contributed by atoms with Crippen molar-refractivity contribution in [2.45, 2.75) is 19.1 Å². The van der Waals surface area contributed by atoms with Crippen molar-refractivity contribution in [3.8, 4) is 0 Å². The molecule has 0 saturated carbocycles. The van der Waals surface area contributed by atoms with E-state index >= 15 is 0 Å². The third kappa shape index (κ3) is 5.87. The first-order valence-electron chi connectivity index (χ1n) is 10.0. The fourth-order valence-corrected chi connectivity index (χ4v) is 4.06. The molecule has 0 radical (unpaired) electrons. The summed E-state index contributed by atoms with van der Waals surface area (Å²) in [6.07, 6.45) is -0.570. The van der Waals surface area contributed by atoms with Crippen molar-refractivity contribution >= 4 is 24.8 Å².